The van der Waals surface area contributed by atoms with Gasteiger partial charge < -0.3 is 19.5 Å². The van der Waals surface area contributed by atoms with Gasteiger partial charge in [-0.1, -0.05) is 6.07 Å². The zero-order valence-corrected chi connectivity index (χ0v) is 13.2. The molecular weight excluding hydrogens is 284 g/mol. The van der Waals surface area contributed by atoms with Crippen molar-refractivity contribution in [3.05, 3.63) is 23.9 Å². The Bertz CT molecular complexity index is 481. The summed E-state index contributed by atoms with van der Waals surface area (Å²) in [5.41, 5.74) is 0.858. The average molecular weight is 308 g/mol. The van der Waals surface area contributed by atoms with Crippen LogP contribution in [0.3, 0.4) is 0 Å². The molecule has 0 saturated carbocycles. The number of nitrogens with zero attached hydrogens (tertiary/aromatic N) is 1. The minimum atomic E-state index is -0.0803. The second-order valence-electron chi connectivity index (χ2n) is 5.35. The highest BCUT2D eigenvalue weighted by atomic mass is 16.5. The fraction of sp³-hybridized carbons (Fsp3) is 0.625. The number of ether oxygens (including phenoxy) is 3. The van der Waals surface area contributed by atoms with E-state index in [4.69, 9.17) is 14.2 Å². The van der Waals surface area contributed by atoms with Crippen molar-refractivity contribution in [1.82, 2.24) is 10.3 Å². The van der Waals surface area contributed by atoms with Gasteiger partial charge in [-0.25, -0.2) is 4.98 Å². The van der Waals surface area contributed by atoms with Gasteiger partial charge in [-0.3, -0.25) is 4.79 Å². The number of pyridine rings is 1. The lowest BCUT2D eigenvalue weighted by Gasteiger charge is -2.28. The second kappa shape index (κ2) is 8.70. The molecule has 1 aliphatic heterocycles. The number of hydrogen-bond acceptors (Lipinski definition) is 5. The molecule has 2 rings (SSSR count). The van der Waals surface area contributed by atoms with Crippen LogP contribution >= 0.6 is 0 Å². The van der Waals surface area contributed by atoms with Gasteiger partial charge in [0.05, 0.1) is 18.6 Å². The highest BCUT2D eigenvalue weighted by molar-refractivity contribution is 5.79. The Morgan fingerprint density at radius 3 is 3.14 bits per heavy atom. The molecule has 0 unspecified atom stereocenters. The number of carbonyl (C=O) groups is 1. The third-order valence-electron chi connectivity index (χ3n) is 3.77. The second-order valence-corrected chi connectivity index (χ2v) is 5.35. The molecule has 122 valence electrons. The van der Waals surface area contributed by atoms with Gasteiger partial charge in [0, 0.05) is 32.0 Å². The molecule has 1 fully saturated rings. The van der Waals surface area contributed by atoms with Gasteiger partial charge in [-0.05, 0) is 25.8 Å². The van der Waals surface area contributed by atoms with Crippen LogP contribution < -0.4 is 10.1 Å². The molecule has 1 N–H and O–H groups in total. The Labute approximate surface area is 131 Å². The van der Waals surface area contributed by atoms with Crippen LogP contribution in [-0.2, 0) is 20.8 Å². The summed E-state index contributed by atoms with van der Waals surface area (Å²) in [5.74, 6) is 0.481. The number of rotatable bonds is 7. The van der Waals surface area contributed by atoms with Crippen LogP contribution in [0.5, 0.6) is 5.88 Å². The zero-order chi connectivity index (χ0) is 15.8. The number of hydrogen-bond donors (Lipinski definition) is 1. The molecule has 1 aliphatic rings. The number of amides is 1. The van der Waals surface area contributed by atoms with E-state index in [1.54, 1.807) is 13.3 Å². The molecule has 1 aromatic rings. The third kappa shape index (κ3) is 4.68. The van der Waals surface area contributed by atoms with Gasteiger partial charge in [0.2, 0.25) is 11.8 Å². The predicted octanol–water partition coefficient (Wildman–Crippen LogP) is 1.54. The van der Waals surface area contributed by atoms with Gasteiger partial charge in [0.1, 0.15) is 6.61 Å². The van der Waals surface area contributed by atoms with E-state index in [1.165, 1.54) is 0 Å². The monoisotopic (exact) mass is 308 g/mol. The van der Waals surface area contributed by atoms with Crippen molar-refractivity contribution in [2.45, 2.75) is 32.4 Å². The SMILES string of the molecule is COCCOc1ncccc1CNC(=O)[C@@H]1CCCO[C@@H]1C. The maximum absolute atomic E-state index is 12.3. The molecule has 0 bridgehead atoms. The predicted molar refractivity (Wildman–Crippen MR) is 81.6 cm³/mol. The van der Waals surface area contributed by atoms with Crippen molar-refractivity contribution in [3.63, 3.8) is 0 Å². The lowest BCUT2D eigenvalue weighted by atomic mass is 9.94. The van der Waals surface area contributed by atoms with Crippen molar-refractivity contribution >= 4 is 5.91 Å². The number of methoxy groups -OCH3 is 1. The Morgan fingerprint density at radius 2 is 2.36 bits per heavy atom. The van der Waals surface area contributed by atoms with Gasteiger partial charge in [0.25, 0.3) is 0 Å². The largest absolute Gasteiger partial charge is 0.475 e. The molecule has 6 nitrogen and oxygen atoms in total. The fourth-order valence-electron chi connectivity index (χ4n) is 2.49. The number of aromatic nitrogens is 1. The Hall–Kier alpha value is -1.66. The Balaban J connectivity index is 1.89. The summed E-state index contributed by atoms with van der Waals surface area (Å²) in [5, 5.41) is 2.96. The fourth-order valence-corrected chi connectivity index (χ4v) is 2.49. The van der Waals surface area contributed by atoms with Gasteiger partial charge in [-0.2, -0.15) is 0 Å². The molecule has 0 spiro atoms. The molecule has 2 atom stereocenters. The molecule has 0 radical (unpaired) electrons. The first-order valence-electron chi connectivity index (χ1n) is 7.67. The van der Waals surface area contributed by atoms with Crippen molar-refractivity contribution in [1.29, 1.82) is 0 Å². The van der Waals surface area contributed by atoms with Gasteiger partial charge >= 0.3 is 0 Å². The van der Waals surface area contributed by atoms with Crippen LogP contribution in [-0.4, -0.2) is 43.9 Å². The maximum Gasteiger partial charge on any atom is 0.225 e. The summed E-state index contributed by atoms with van der Waals surface area (Å²) < 4.78 is 16.1. The lowest BCUT2D eigenvalue weighted by molar-refractivity contribution is -0.133. The summed E-state index contributed by atoms with van der Waals surface area (Å²) in [6.45, 7) is 4.03. The van der Waals surface area contributed by atoms with Crippen LogP contribution in [0, 0.1) is 5.92 Å². The number of carbonyl (C=O) groups excluding carboxylic acids is 1. The van der Waals surface area contributed by atoms with E-state index in [9.17, 15) is 4.79 Å². The normalized spacial score (nSPS) is 21.4. The average Bonchev–Trinajstić information content (AvgIpc) is 2.54. The zero-order valence-electron chi connectivity index (χ0n) is 13.2. The quantitative estimate of drug-likeness (QED) is 0.774. The minimum Gasteiger partial charge on any atom is -0.475 e. The summed E-state index contributed by atoms with van der Waals surface area (Å²) in [6, 6.07) is 3.73. The Kier molecular flexibility index (Phi) is 6.61. The van der Waals surface area contributed by atoms with E-state index in [1.807, 2.05) is 19.1 Å². The molecule has 1 aromatic heterocycles. The molecule has 22 heavy (non-hydrogen) atoms. The van der Waals surface area contributed by atoms with Crippen LogP contribution in [0.15, 0.2) is 18.3 Å². The van der Waals surface area contributed by atoms with E-state index in [0.29, 0.717) is 25.6 Å². The lowest BCUT2D eigenvalue weighted by Crippen LogP contribution is -2.40. The van der Waals surface area contributed by atoms with E-state index in [0.717, 1.165) is 25.0 Å². The van der Waals surface area contributed by atoms with Crippen molar-refractivity contribution in [3.8, 4) is 5.88 Å². The Morgan fingerprint density at radius 1 is 1.50 bits per heavy atom. The van der Waals surface area contributed by atoms with Crippen molar-refractivity contribution in [2.75, 3.05) is 26.9 Å². The third-order valence-corrected chi connectivity index (χ3v) is 3.77. The summed E-state index contributed by atoms with van der Waals surface area (Å²) in [7, 11) is 1.62. The van der Waals surface area contributed by atoms with Crippen LogP contribution in [0.2, 0.25) is 0 Å². The van der Waals surface area contributed by atoms with Crippen molar-refractivity contribution in [2.24, 2.45) is 5.92 Å². The molecule has 1 amide bonds. The van der Waals surface area contributed by atoms with E-state index in [-0.39, 0.29) is 17.9 Å². The van der Waals surface area contributed by atoms with Crippen LogP contribution in [0.25, 0.3) is 0 Å². The van der Waals surface area contributed by atoms with Crippen LogP contribution in [0.1, 0.15) is 25.3 Å². The van der Waals surface area contributed by atoms with Crippen LogP contribution in [0.4, 0.5) is 0 Å². The first kappa shape index (κ1) is 16.7. The number of nitrogens with one attached hydrogen (secondary N) is 1. The summed E-state index contributed by atoms with van der Waals surface area (Å²) in [6.07, 6.45) is 3.45. The van der Waals surface area contributed by atoms with E-state index < -0.39 is 0 Å². The summed E-state index contributed by atoms with van der Waals surface area (Å²) >= 11 is 0. The highest BCUT2D eigenvalue weighted by Crippen LogP contribution is 2.21. The molecule has 0 aliphatic carbocycles. The standard InChI is InChI=1S/C16H24N2O4/c1-12-14(6-4-8-21-12)15(19)18-11-13-5-3-7-17-16(13)22-10-9-20-2/h3,5,7,12,14H,4,6,8-11H2,1-2H3,(H,18,19)/t12-,14-/m1/s1. The molecule has 1 saturated heterocycles. The van der Waals surface area contributed by atoms with Gasteiger partial charge in [0.15, 0.2) is 0 Å². The topological polar surface area (TPSA) is 69.7 Å². The summed E-state index contributed by atoms with van der Waals surface area (Å²) in [4.78, 5) is 16.5. The van der Waals surface area contributed by atoms with E-state index in [2.05, 4.69) is 10.3 Å². The highest BCUT2D eigenvalue weighted by Gasteiger charge is 2.28. The molecular formula is C16H24N2O4. The smallest absolute Gasteiger partial charge is 0.225 e. The molecule has 0 aromatic carbocycles. The van der Waals surface area contributed by atoms with Crippen molar-refractivity contribution < 1.29 is 19.0 Å². The van der Waals surface area contributed by atoms with E-state index >= 15 is 0 Å². The molecule has 6 heteroatoms. The van der Waals surface area contributed by atoms with Gasteiger partial charge in [-0.15, -0.1) is 0 Å². The minimum absolute atomic E-state index is 0.0268. The first-order valence-corrected chi connectivity index (χ1v) is 7.67. The first-order chi connectivity index (χ1) is 10.7. The molecule has 2 heterocycles. The maximum atomic E-state index is 12.3.